The van der Waals surface area contributed by atoms with Crippen molar-refractivity contribution in [3.63, 3.8) is 0 Å². The molecular formula is C25H21FN4O5. The second kappa shape index (κ2) is 10.4. The Hall–Kier alpha value is -4.86. The van der Waals surface area contributed by atoms with Crippen molar-refractivity contribution in [2.75, 3.05) is 24.9 Å². The van der Waals surface area contributed by atoms with Crippen molar-refractivity contribution >= 4 is 34.3 Å². The highest BCUT2D eigenvalue weighted by atomic mass is 19.1. The molecule has 10 heteroatoms. The van der Waals surface area contributed by atoms with E-state index in [1.54, 1.807) is 48.5 Å². The van der Waals surface area contributed by atoms with Gasteiger partial charge in [-0.3, -0.25) is 10.3 Å². The van der Waals surface area contributed by atoms with E-state index in [2.05, 4.69) is 20.9 Å². The molecule has 0 atom stereocenters. The summed E-state index contributed by atoms with van der Waals surface area (Å²) in [5.41, 5.74) is 1.22. The Morgan fingerprint density at radius 2 is 1.46 bits per heavy atom. The van der Waals surface area contributed by atoms with E-state index in [1.165, 1.54) is 32.5 Å². The maximum Gasteiger partial charge on any atom is 0.327 e. The van der Waals surface area contributed by atoms with Crippen molar-refractivity contribution in [1.29, 1.82) is 0 Å². The van der Waals surface area contributed by atoms with Crippen LogP contribution < -0.4 is 30.2 Å². The molecule has 0 aliphatic rings. The van der Waals surface area contributed by atoms with Crippen LogP contribution in [0.15, 0.2) is 72.9 Å². The number of nitrogens with one attached hydrogen (secondary N) is 3. The first-order valence-electron chi connectivity index (χ1n) is 10.4. The summed E-state index contributed by atoms with van der Waals surface area (Å²) < 4.78 is 31.2. The van der Waals surface area contributed by atoms with E-state index in [0.717, 1.165) is 6.07 Å². The topological polar surface area (TPSA) is 111 Å². The third-order valence-electron chi connectivity index (χ3n) is 4.88. The first-order chi connectivity index (χ1) is 17.0. The average molecular weight is 476 g/mol. The number of aromatic nitrogens is 1. The average Bonchev–Trinajstić information content (AvgIpc) is 2.85. The van der Waals surface area contributed by atoms with Crippen LogP contribution in [-0.4, -0.2) is 31.3 Å². The zero-order valence-corrected chi connectivity index (χ0v) is 18.8. The number of anilines is 2. The molecule has 3 N–H and O–H groups in total. The van der Waals surface area contributed by atoms with E-state index in [-0.39, 0.29) is 11.4 Å². The Morgan fingerprint density at radius 3 is 2.14 bits per heavy atom. The second-order valence-electron chi connectivity index (χ2n) is 7.18. The molecule has 4 rings (SSSR count). The molecule has 0 fully saturated rings. The summed E-state index contributed by atoms with van der Waals surface area (Å²) in [6.45, 7) is 0. The summed E-state index contributed by atoms with van der Waals surface area (Å²) in [6.07, 6.45) is 1.53. The molecule has 1 aromatic heterocycles. The fourth-order valence-electron chi connectivity index (χ4n) is 3.27. The van der Waals surface area contributed by atoms with Crippen molar-refractivity contribution in [2.24, 2.45) is 0 Å². The van der Waals surface area contributed by atoms with Crippen molar-refractivity contribution in [1.82, 2.24) is 10.3 Å². The van der Waals surface area contributed by atoms with Crippen LogP contribution >= 0.6 is 0 Å². The van der Waals surface area contributed by atoms with E-state index in [4.69, 9.17) is 14.2 Å². The number of hydrogen-bond donors (Lipinski definition) is 3. The van der Waals surface area contributed by atoms with Crippen LogP contribution in [0.5, 0.6) is 23.0 Å². The lowest BCUT2D eigenvalue weighted by Gasteiger charge is -2.13. The maximum atomic E-state index is 14.8. The summed E-state index contributed by atoms with van der Waals surface area (Å²) in [5, 5.41) is 7.61. The Kier molecular flexibility index (Phi) is 6.91. The monoisotopic (exact) mass is 476 g/mol. The molecule has 9 nitrogen and oxygen atoms in total. The number of imide groups is 1. The fraction of sp³-hybridized carbons (Fsp3) is 0.0800. The predicted octanol–water partition coefficient (Wildman–Crippen LogP) is 5.54. The molecule has 0 saturated carbocycles. The molecule has 0 aliphatic carbocycles. The van der Waals surface area contributed by atoms with Gasteiger partial charge in [0.25, 0.3) is 0 Å². The van der Waals surface area contributed by atoms with Crippen molar-refractivity contribution in [3.8, 4) is 23.0 Å². The maximum absolute atomic E-state index is 14.8. The van der Waals surface area contributed by atoms with E-state index in [9.17, 15) is 14.0 Å². The van der Waals surface area contributed by atoms with Crippen LogP contribution in [0, 0.1) is 5.82 Å². The molecule has 0 saturated heterocycles. The number of rotatable bonds is 6. The zero-order valence-electron chi connectivity index (χ0n) is 18.8. The zero-order chi connectivity index (χ0) is 24.8. The molecule has 178 valence electrons. The van der Waals surface area contributed by atoms with Gasteiger partial charge in [-0.15, -0.1) is 0 Å². The molecule has 35 heavy (non-hydrogen) atoms. The number of urea groups is 2. The van der Waals surface area contributed by atoms with Gasteiger partial charge >= 0.3 is 12.1 Å². The Bertz CT molecular complexity index is 1380. The Balaban J connectivity index is 1.45. The standard InChI is InChI=1S/C25H21FN4O5/c1-33-22-13-17-19(14-23(22)34-2)27-11-10-20(17)35-21-9-8-16(12-18(21)26)29-25(32)30-24(31)28-15-6-4-3-5-7-15/h3-14H,1-2H3,(H3,28,29,30,31,32). The van der Waals surface area contributed by atoms with Crippen LogP contribution in [0.4, 0.5) is 25.4 Å². The third kappa shape index (κ3) is 5.56. The number of pyridine rings is 1. The summed E-state index contributed by atoms with van der Waals surface area (Å²) in [6, 6.07) is 15.9. The molecule has 4 amide bonds. The Morgan fingerprint density at radius 1 is 0.771 bits per heavy atom. The number of carbonyl (C=O) groups excluding carboxylic acids is 2. The lowest BCUT2D eigenvalue weighted by Crippen LogP contribution is -2.37. The summed E-state index contributed by atoms with van der Waals surface area (Å²) in [4.78, 5) is 28.3. The summed E-state index contributed by atoms with van der Waals surface area (Å²) >= 11 is 0. The van der Waals surface area contributed by atoms with Gasteiger partial charge in [-0.2, -0.15) is 0 Å². The smallest absolute Gasteiger partial charge is 0.327 e. The van der Waals surface area contributed by atoms with Gasteiger partial charge in [-0.25, -0.2) is 14.0 Å². The van der Waals surface area contributed by atoms with Crippen LogP contribution in [0.2, 0.25) is 0 Å². The number of amides is 4. The van der Waals surface area contributed by atoms with Crippen molar-refractivity contribution < 1.29 is 28.2 Å². The van der Waals surface area contributed by atoms with Gasteiger partial charge in [0, 0.05) is 35.1 Å². The van der Waals surface area contributed by atoms with E-state index in [1.807, 2.05) is 0 Å². The summed E-state index contributed by atoms with van der Waals surface area (Å²) in [7, 11) is 3.03. The minimum atomic E-state index is -0.826. The molecule has 3 aromatic carbocycles. The lowest BCUT2D eigenvalue weighted by atomic mass is 10.2. The SMILES string of the molecule is COc1cc2nccc(Oc3ccc(NC(=O)NC(=O)Nc4ccccc4)cc3F)c2cc1OC. The van der Waals surface area contributed by atoms with Crippen LogP contribution in [0.3, 0.4) is 0 Å². The molecule has 0 unspecified atom stereocenters. The van der Waals surface area contributed by atoms with Gasteiger partial charge in [0.05, 0.1) is 19.7 Å². The molecule has 0 bridgehead atoms. The molecule has 0 radical (unpaired) electrons. The van der Waals surface area contributed by atoms with Crippen LogP contribution in [0.1, 0.15) is 0 Å². The molecule has 0 spiro atoms. The van der Waals surface area contributed by atoms with Gasteiger partial charge in [0.15, 0.2) is 23.1 Å². The number of hydrogen-bond acceptors (Lipinski definition) is 6. The highest BCUT2D eigenvalue weighted by Crippen LogP contribution is 2.37. The molecule has 4 aromatic rings. The molecule has 0 aliphatic heterocycles. The van der Waals surface area contributed by atoms with E-state index >= 15 is 0 Å². The fourth-order valence-corrected chi connectivity index (χ4v) is 3.27. The van der Waals surface area contributed by atoms with Crippen molar-refractivity contribution in [2.45, 2.75) is 0 Å². The van der Waals surface area contributed by atoms with Crippen LogP contribution in [0.25, 0.3) is 10.9 Å². The highest BCUT2D eigenvalue weighted by Gasteiger charge is 2.14. The number of methoxy groups -OCH3 is 2. The van der Waals surface area contributed by atoms with Crippen molar-refractivity contribution in [3.05, 3.63) is 78.7 Å². The van der Waals surface area contributed by atoms with E-state index < -0.39 is 17.9 Å². The second-order valence-corrected chi connectivity index (χ2v) is 7.18. The van der Waals surface area contributed by atoms with Gasteiger partial charge in [0.1, 0.15) is 5.75 Å². The largest absolute Gasteiger partial charge is 0.493 e. The molecular weight excluding hydrogens is 455 g/mol. The van der Waals surface area contributed by atoms with Crippen LogP contribution in [-0.2, 0) is 0 Å². The summed E-state index contributed by atoms with van der Waals surface area (Å²) in [5.74, 6) is 0.537. The first kappa shape index (κ1) is 23.3. The quantitative estimate of drug-likeness (QED) is 0.337. The minimum Gasteiger partial charge on any atom is -0.493 e. The number of para-hydroxylation sites is 1. The highest BCUT2D eigenvalue weighted by molar-refractivity contribution is 6.05. The number of carbonyl (C=O) groups is 2. The van der Waals surface area contributed by atoms with Gasteiger partial charge in [0.2, 0.25) is 0 Å². The van der Waals surface area contributed by atoms with Gasteiger partial charge in [-0.1, -0.05) is 18.2 Å². The number of benzene rings is 3. The number of nitrogens with zero attached hydrogens (tertiary/aromatic N) is 1. The van der Waals surface area contributed by atoms with Gasteiger partial charge in [-0.05, 0) is 36.4 Å². The number of halogens is 1. The minimum absolute atomic E-state index is 0.0694. The predicted molar refractivity (Wildman–Crippen MR) is 129 cm³/mol. The third-order valence-corrected chi connectivity index (χ3v) is 4.88. The lowest BCUT2D eigenvalue weighted by molar-refractivity contribution is 0.240. The normalized spacial score (nSPS) is 10.4. The van der Waals surface area contributed by atoms with Gasteiger partial charge < -0.3 is 24.8 Å². The first-order valence-corrected chi connectivity index (χ1v) is 10.4. The van der Waals surface area contributed by atoms with E-state index in [0.29, 0.717) is 33.8 Å². The Labute approximate surface area is 199 Å². The molecule has 1 heterocycles. The number of fused-ring (bicyclic) bond motifs is 1. The number of ether oxygens (including phenoxy) is 3.